The lowest BCUT2D eigenvalue weighted by atomic mass is 10.2. The second-order valence-corrected chi connectivity index (χ2v) is 5.31. The summed E-state index contributed by atoms with van der Waals surface area (Å²) in [6.07, 6.45) is 8.64. The third kappa shape index (κ3) is 7.17. The van der Waals surface area contributed by atoms with Gasteiger partial charge in [-0.25, -0.2) is 4.79 Å². The number of carboxylic acids is 1. The zero-order chi connectivity index (χ0) is 13.9. The summed E-state index contributed by atoms with van der Waals surface area (Å²) in [5.41, 5.74) is -0.00575. The average molecular weight is 286 g/mol. The first-order valence-corrected chi connectivity index (χ1v) is 7.96. The van der Waals surface area contributed by atoms with E-state index in [0.717, 1.165) is 13.1 Å². The van der Waals surface area contributed by atoms with Crippen LogP contribution in [-0.2, 0) is 6.54 Å². The average Bonchev–Trinajstić information content (AvgIpc) is 2.86. The molecule has 0 bridgehead atoms. The van der Waals surface area contributed by atoms with Gasteiger partial charge in [0, 0.05) is 6.54 Å². The van der Waals surface area contributed by atoms with Gasteiger partial charge < -0.3 is 10.4 Å². The van der Waals surface area contributed by atoms with E-state index in [2.05, 4.69) is 21.9 Å². The van der Waals surface area contributed by atoms with Gasteiger partial charge in [0.25, 0.3) is 0 Å². The number of nitrogens with one attached hydrogen (secondary N) is 1. The molecule has 0 saturated heterocycles. The molecule has 0 aromatic carbocycles. The van der Waals surface area contributed by atoms with E-state index in [9.17, 15) is 4.79 Å². The molecule has 0 saturated carbocycles. The van der Waals surface area contributed by atoms with Crippen LogP contribution in [0.25, 0.3) is 0 Å². The van der Waals surface area contributed by atoms with Gasteiger partial charge in [0.1, 0.15) is 0 Å². The van der Waals surface area contributed by atoms with E-state index in [-0.39, 0.29) is 5.69 Å². The molecule has 6 nitrogen and oxygen atoms in total. The molecule has 1 rings (SSSR count). The monoisotopic (exact) mass is 286 g/mol. The minimum Gasteiger partial charge on any atom is -0.476 e. The maximum atomic E-state index is 10.6. The maximum absolute atomic E-state index is 10.6. The van der Waals surface area contributed by atoms with E-state index in [0.29, 0.717) is 6.54 Å². The van der Waals surface area contributed by atoms with Crippen LogP contribution in [-0.4, -0.2) is 51.2 Å². The number of carbonyl (C=O) groups is 1. The van der Waals surface area contributed by atoms with Gasteiger partial charge in [-0.05, 0) is 31.4 Å². The van der Waals surface area contributed by atoms with Crippen LogP contribution in [0, 0.1) is 0 Å². The summed E-state index contributed by atoms with van der Waals surface area (Å²) >= 11 is 1.90. The number of hydrogen-bond donors (Lipinski definition) is 2. The normalized spacial score (nSPS) is 10.8. The summed E-state index contributed by atoms with van der Waals surface area (Å²) < 4.78 is 1.55. The number of hydrogen-bond acceptors (Lipinski definition) is 5. The SMILES string of the molecule is CSCCCCCCNCCn1cc(C(=O)O)nn1. The van der Waals surface area contributed by atoms with Crippen molar-refractivity contribution in [1.29, 1.82) is 0 Å². The second-order valence-electron chi connectivity index (χ2n) is 4.33. The van der Waals surface area contributed by atoms with Crippen molar-refractivity contribution >= 4 is 17.7 Å². The number of thioether (sulfide) groups is 1. The molecule has 2 N–H and O–H groups in total. The number of unbranched alkanes of at least 4 members (excludes halogenated alkanes) is 3. The third-order valence-electron chi connectivity index (χ3n) is 2.73. The molecule has 1 heterocycles. The van der Waals surface area contributed by atoms with Gasteiger partial charge in [0.05, 0.1) is 12.7 Å². The van der Waals surface area contributed by atoms with Gasteiger partial charge in [0.2, 0.25) is 0 Å². The highest BCUT2D eigenvalue weighted by atomic mass is 32.2. The van der Waals surface area contributed by atoms with Gasteiger partial charge in [-0.2, -0.15) is 11.8 Å². The van der Waals surface area contributed by atoms with Crippen molar-refractivity contribution in [2.24, 2.45) is 0 Å². The van der Waals surface area contributed by atoms with Crippen LogP contribution in [0.3, 0.4) is 0 Å². The quantitative estimate of drug-likeness (QED) is 0.600. The zero-order valence-electron chi connectivity index (χ0n) is 11.3. The van der Waals surface area contributed by atoms with Crippen molar-refractivity contribution < 1.29 is 9.90 Å². The number of nitrogens with zero attached hydrogens (tertiary/aromatic N) is 3. The summed E-state index contributed by atoms with van der Waals surface area (Å²) in [7, 11) is 0. The van der Waals surface area contributed by atoms with Gasteiger partial charge in [-0.1, -0.05) is 18.1 Å². The molecule has 0 aliphatic rings. The second kappa shape index (κ2) is 9.80. The van der Waals surface area contributed by atoms with Crippen LogP contribution >= 0.6 is 11.8 Å². The molecule has 7 heteroatoms. The fourth-order valence-corrected chi connectivity index (χ4v) is 2.17. The molecular formula is C12H22N4O2S. The van der Waals surface area contributed by atoms with E-state index >= 15 is 0 Å². The van der Waals surface area contributed by atoms with Gasteiger partial charge in [-0.15, -0.1) is 5.10 Å². The fourth-order valence-electron chi connectivity index (χ4n) is 1.67. The van der Waals surface area contributed by atoms with Crippen molar-refractivity contribution in [1.82, 2.24) is 20.3 Å². The van der Waals surface area contributed by atoms with E-state index in [1.807, 2.05) is 11.8 Å². The largest absolute Gasteiger partial charge is 0.476 e. The van der Waals surface area contributed by atoms with E-state index in [1.165, 1.54) is 37.6 Å². The number of rotatable bonds is 11. The molecule has 0 fully saturated rings. The molecule has 0 aliphatic heterocycles. The Morgan fingerprint density at radius 1 is 1.37 bits per heavy atom. The smallest absolute Gasteiger partial charge is 0.358 e. The Bertz CT molecular complexity index is 370. The number of aromatic nitrogens is 3. The molecule has 0 unspecified atom stereocenters. The Kier molecular flexibility index (Phi) is 8.24. The van der Waals surface area contributed by atoms with Crippen molar-refractivity contribution in [3.63, 3.8) is 0 Å². The van der Waals surface area contributed by atoms with Gasteiger partial charge >= 0.3 is 5.97 Å². The Balaban J connectivity index is 1.97. The van der Waals surface area contributed by atoms with Crippen molar-refractivity contribution in [2.75, 3.05) is 25.1 Å². The summed E-state index contributed by atoms with van der Waals surface area (Å²) in [5.74, 6) is 0.218. The summed E-state index contributed by atoms with van der Waals surface area (Å²) in [5, 5.41) is 19.3. The molecule has 19 heavy (non-hydrogen) atoms. The van der Waals surface area contributed by atoms with Crippen LogP contribution in [0.2, 0.25) is 0 Å². The molecule has 1 aromatic heterocycles. The lowest BCUT2D eigenvalue weighted by molar-refractivity contribution is 0.0690. The first kappa shape index (κ1) is 16.0. The highest BCUT2D eigenvalue weighted by Gasteiger charge is 2.07. The molecule has 108 valence electrons. The molecule has 0 atom stereocenters. The predicted octanol–water partition coefficient (Wildman–Crippen LogP) is 1.49. The predicted molar refractivity (Wildman–Crippen MR) is 76.7 cm³/mol. The first-order chi connectivity index (χ1) is 9.24. The summed E-state index contributed by atoms with van der Waals surface area (Å²) in [4.78, 5) is 10.6. The van der Waals surface area contributed by atoms with Gasteiger partial charge in [0.15, 0.2) is 5.69 Å². The van der Waals surface area contributed by atoms with E-state index in [4.69, 9.17) is 5.11 Å². The summed E-state index contributed by atoms with van der Waals surface area (Å²) in [6.45, 7) is 2.43. The number of carboxylic acid groups (broad SMARTS) is 1. The number of aromatic carboxylic acids is 1. The van der Waals surface area contributed by atoms with E-state index < -0.39 is 5.97 Å². The lowest BCUT2D eigenvalue weighted by Crippen LogP contribution is -2.21. The molecular weight excluding hydrogens is 264 g/mol. The van der Waals surface area contributed by atoms with Crippen molar-refractivity contribution in [3.8, 4) is 0 Å². The van der Waals surface area contributed by atoms with Crippen molar-refractivity contribution in [2.45, 2.75) is 32.2 Å². The lowest BCUT2D eigenvalue weighted by Gasteiger charge is -2.04. The van der Waals surface area contributed by atoms with Crippen LogP contribution in [0.5, 0.6) is 0 Å². The van der Waals surface area contributed by atoms with Crippen molar-refractivity contribution in [3.05, 3.63) is 11.9 Å². The first-order valence-electron chi connectivity index (χ1n) is 6.57. The van der Waals surface area contributed by atoms with E-state index in [1.54, 1.807) is 4.68 Å². The highest BCUT2D eigenvalue weighted by Crippen LogP contribution is 2.03. The Labute approximate surface area is 118 Å². The van der Waals surface area contributed by atoms with Crippen LogP contribution in [0.1, 0.15) is 36.2 Å². The standard InChI is InChI=1S/C12H22N4O2S/c1-19-9-5-3-2-4-6-13-7-8-16-10-11(12(17)18)14-15-16/h10,13H,2-9H2,1H3,(H,17,18). The molecule has 1 aromatic rings. The Hall–Kier alpha value is -1.08. The molecule has 0 radical (unpaired) electrons. The Morgan fingerprint density at radius 3 is 2.84 bits per heavy atom. The van der Waals surface area contributed by atoms with Crippen LogP contribution < -0.4 is 5.32 Å². The Morgan fingerprint density at radius 2 is 2.16 bits per heavy atom. The van der Waals surface area contributed by atoms with Gasteiger partial charge in [-0.3, -0.25) is 4.68 Å². The fraction of sp³-hybridized carbons (Fsp3) is 0.750. The minimum atomic E-state index is -1.04. The zero-order valence-corrected chi connectivity index (χ0v) is 12.2. The molecule has 0 aliphatic carbocycles. The molecule has 0 spiro atoms. The molecule has 0 amide bonds. The van der Waals surface area contributed by atoms with Crippen LogP contribution in [0.4, 0.5) is 0 Å². The summed E-state index contributed by atoms with van der Waals surface area (Å²) in [6, 6.07) is 0. The minimum absolute atomic E-state index is 0.00575. The van der Waals surface area contributed by atoms with Crippen LogP contribution in [0.15, 0.2) is 6.20 Å². The third-order valence-corrected chi connectivity index (χ3v) is 3.42. The topological polar surface area (TPSA) is 80.0 Å². The highest BCUT2D eigenvalue weighted by molar-refractivity contribution is 7.98. The maximum Gasteiger partial charge on any atom is 0.358 e.